The molecule has 0 aromatic carbocycles. The third-order valence-electron chi connectivity index (χ3n) is 5.21. The molecule has 0 saturated heterocycles. The molecule has 4 heteroatoms. The van der Waals surface area contributed by atoms with Gasteiger partial charge in [0, 0.05) is 12.1 Å². The summed E-state index contributed by atoms with van der Waals surface area (Å²) in [5.74, 6) is 0.0732. The molecule has 2 saturated carbocycles. The average molecular weight is 287 g/mol. The zero-order valence-electron chi connectivity index (χ0n) is 12.7. The van der Waals surface area contributed by atoms with Gasteiger partial charge in [-0.25, -0.2) is 0 Å². The summed E-state index contributed by atoms with van der Waals surface area (Å²) in [5.41, 5.74) is 1.26. The summed E-state index contributed by atoms with van der Waals surface area (Å²) in [4.78, 5) is 14.6. The van der Waals surface area contributed by atoms with Crippen molar-refractivity contribution in [2.24, 2.45) is 0 Å². The Morgan fingerprint density at radius 1 is 1.00 bits per heavy atom. The van der Waals surface area contributed by atoms with E-state index < -0.39 is 0 Å². The van der Waals surface area contributed by atoms with Crippen LogP contribution >= 0.6 is 0 Å². The van der Waals surface area contributed by atoms with E-state index in [2.05, 4.69) is 11.4 Å². The van der Waals surface area contributed by atoms with Gasteiger partial charge in [-0.3, -0.25) is 4.79 Å². The Hall–Kier alpha value is -1.50. The second-order valence-corrected chi connectivity index (χ2v) is 6.67. The minimum atomic E-state index is 0.0732. The summed E-state index contributed by atoms with van der Waals surface area (Å²) in [6.07, 6.45) is 11.9. The molecular formula is C17H25N3O. The van der Waals surface area contributed by atoms with Crippen LogP contribution in [0.5, 0.6) is 0 Å². The van der Waals surface area contributed by atoms with E-state index in [1.165, 1.54) is 38.5 Å². The summed E-state index contributed by atoms with van der Waals surface area (Å²) < 4.78 is 0. The smallest absolute Gasteiger partial charge is 0.271 e. The molecule has 0 aromatic heterocycles. The molecule has 3 rings (SSSR count). The predicted octanol–water partition coefficient (Wildman–Crippen LogP) is 2.86. The van der Waals surface area contributed by atoms with Crippen LogP contribution in [0.25, 0.3) is 0 Å². The minimum absolute atomic E-state index is 0.0732. The number of carbonyl (C=O) groups is 1. The van der Waals surface area contributed by atoms with Gasteiger partial charge in [0.05, 0.1) is 18.2 Å². The first-order valence-corrected chi connectivity index (χ1v) is 8.50. The van der Waals surface area contributed by atoms with Crippen molar-refractivity contribution in [1.82, 2.24) is 10.2 Å². The third kappa shape index (κ3) is 3.07. The molecule has 1 heterocycles. The van der Waals surface area contributed by atoms with Gasteiger partial charge in [-0.1, -0.05) is 38.5 Å². The first-order chi connectivity index (χ1) is 10.3. The Morgan fingerprint density at radius 2 is 1.62 bits per heavy atom. The van der Waals surface area contributed by atoms with Gasteiger partial charge in [0.2, 0.25) is 0 Å². The number of amides is 1. The standard InChI is InChI=1S/C17H25N3O/c18-11-13-12-20(15-9-5-2-6-10-15)17(21)16(13)19-14-7-3-1-4-8-14/h14-15,19H,1-10,12H2. The highest BCUT2D eigenvalue weighted by molar-refractivity contribution is 5.97. The van der Waals surface area contributed by atoms with Gasteiger partial charge in [0.25, 0.3) is 5.91 Å². The largest absolute Gasteiger partial charge is 0.377 e. The van der Waals surface area contributed by atoms with Crippen molar-refractivity contribution in [2.45, 2.75) is 76.3 Å². The van der Waals surface area contributed by atoms with E-state index in [-0.39, 0.29) is 5.91 Å². The normalized spacial score (nSPS) is 25.3. The third-order valence-corrected chi connectivity index (χ3v) is 5.21. The summed E-state index contributed by atoms with van der Waals surface area (Å²) in [7, 11) is 0. The van der Waals surface area contributed by atoms with Crippen LogP contribution in [-0.2, 0) is 4.79 Å². The van der Waals surface area contributed by atoms with Gasteiger partial charge in [-0.15, -0.1) is 0 Å². The molecule has 4 nitrogen and oxygen atoms in total. The number of hydrogen-bond donors (Lipinski definition) is 1. The molecule has 2 fully saturated rings. The fraction of sp³-hybridized carbons (Fsp3) is 0.765. The van der Waals surface area contributed by atoms with E-state index in [0.29, 0.717) is 29.9 Å². The van der Waals surface area contributed by atoms with E-state index in [4.69, 9.17) is 0 Å². The van der Waals surface area contributed by atoms with Crippen LogP contribution in [-0.4, -0.2) is 29.4 Å². The van der Waals surface area contributed by atoms with Gasteiger partial charge in [0.15, 0.2) is 0 Å². The van der Waals surface area contributed by atoms with Crippen LogP contribution in [0.2, 0.25) is 0 Å². The van der Waals surface area contributed by atoms with Gasteiger partial charge < -0.3 is 10.2 Å². The SMILES string of the molecule is N#CC1=C(NC2CCCCC2)C(=O)N(C2CCCCC2)C1. The van der Waals surface area contributed by atoms with Crippen molar-refractivity contribution in [3.63, 3.8) is 0 Å². The number of carbonyl (C=O) groups excluding carboxylic acids is 1. The molecular weight excluding hydrogens is 262 g/mol. The maximum Gasteiger partial charge on any atom is 0.271 e. The molecule has 1 aliphatic heterocycles. The monoisotopic (exact) mass is 287 g/mol. The Balaban J connectivity index is 1.68. The van der Waals surface area contributed by atoms with Crippen LogP contribution in [0.3, 0.4) is 0 Å². The second-order valence-electron chi connectivity index (χ2n) is 6.67. The number of nitrogens with zero attached hydrogens (tertiary/aromatic N) is 2. The van der Waals surface area contributed by atoms with Crippen molar-refractivity contribution in [2.75, 3.05) is 6.54 Å². The zero-order chi connectivity index (χ0) is 14.7. The number of rotatable bonds is 3. The van der Waals surface area contributed by atoms with Crippen molar-refractivity contribution < 1.29 is 4.79 Å². The zero-order valence-corrected chi connectivity index (χ0v) is 12.7. The quantitative estimate of drug-likeness (QED) is 0.868. The molecule has 2 aliphatic carbocycles. The molecule has 1 N–H and O–H groups in total. The number of nitrogens with one attached hydrogen (secondary N) is 1. The van der Waals surface area contributed by atoms with Crippen molar-refractivity contribution in [1.29, 1.82) is 5.26 Å². The molecule has 114 valence electrons. The topological polar surface area (TPSA) is 56.1 Å². The van der Waals surface area contributed by atoms with Crippen molar-refractivity contribution >= 4 is 5.91 Å². The van der Waals surface area contributed by atoms with Gasteiger partial charge in [-0.05, 0) is 25.7 Å². The molecule has 0 unspecified atom stereocenters. The first-order valence-electron chi connectivity index (χ1n) is 8.50. The van der Waals surface area contributed by atoms with E-state index in [0.717, 1.165) is 25.7 Å². The van der Waals surface area contributed by atoms with Crippen molar-refractivity contribution in [3.05, 3.63) is 11.3 Å². The highest BCUT2D eigenvalue weighted by Crippen LogP contribution is 2.29. The lowest BCUT2D eigenvalue weighted by molar-refractivity contribution is -0.128. The average Bonchev–Trinajstić information content (AvgIpc) is 2.86. The molecule has 21 heavy (non-hydrogen) atoms. The van der Waals surface area contributed by atoms with Crippen LogP contribution < -0.4 is 5.32 Å². The predicted molar refractivity (Wildman–Crippen MR) is 81.2 cm³/mol. The van der Waals surface area contributed by atoms with Crippen LogP contribution in [0.4, 0.5) is 0 Å². The first kappa shape index (κ1) is 14.4. The molecule has 3 aliphatic rings. The molecule has 0 radical (unpaired) electrons. The van der Waals surface area contributed by atoms with E-state index in [1.54, 1.807) is 0 Å². The molecule has 0 aromatic rings. The molecule has 0 spiro atoms. The van der Waals surface area contributed by atoms with Gasteiger partial charge >= 0.3 is 0 Å². The highest BCUT2D eigenvalue weighted by atomic mass is 16.2. The van der Waals surface area contributed by atoms with Crippen molar-refractivity contribution in [3.8, 4) is 6.07 Å². The fourth-order valence-corrected chi connectivity index (χ4v) is 3.97. The maximum atomic E-state index is 12.7. The van der Waals surface area contributed by atoms with Gasteiger partial charge in [0.1, 0.15) is 5.70 Å². The lowest BCUT2D eigenvalue weighted by Gasteiger charge is -2.31. The Morgan fingerprint density at radius 3 is 2.24 bits per heavy atom. The number of nitriles is 1. The Kier molecular flexibility index (Phi) is 4.48. The summed E-state index contributed by atoms with van der Waals surface area (Å²) in [6.45, 7) is 0.523. The maximum absolute atomic E-state index is 12.7. The Bertz CT molecular complexity index is 465. The lowest BCUT2D eigenvalue weighted by Crippen LogP contribution is -2.42. The summed E-state index contributed by atoms with van der Waals surface area (Å²) in [5, 5.41) is 12.8. The van der Waals surface area contributed by atoms with Crippen LogP contribution in [0.1, 0.15) is 64.2 Å². The van der Waals surface area contributed by atoms with Gasteiger partial charge in [-0.2, -0.15) is 5.26 Å². The van der Waals surface area contributed by atoms with E-state index in [1.807, 2.05) is 4.90 Å². The minimum Gasteiger partial charge on any atom is -0.377 e. The summed E-state index contributed by atoms with van der Waals surface area (Å²) in [6, 6.07) is 2.99. The summed E-state index contributed by atoms with van der Waals surface area (Å²) >= 11 is 0. The van der Waals surface area contributed by atoms with E-state index in [9.17, 15) is 10.1 Å². The fourth-order valence-electron chi connectivity index (χ4n) is 3.97. The molecule has 0 bridgehead atoms. The Labute approximate surface area is 127 Å². The van der Waals surface area contributed by atoms with E-state index >= 15 is 0 Å². The molecule has 0 atom stereocenters. The number of hydrogen-bond acceptors (Lipinski definition) is 3. The van der Waals surface area contributed by atoms with Crippen LogP contribution in [0, 0.1) is 11.3 Å². The lowest BCUT2D eigenvalue weighted by atomic mass is 9.94. The molecule has 1 amide bonds. The second kappa shape index (κ2) is 6.51. The van der Waals surface area contributed by atoms with Crippen LogP contribution in [0.15, 0.2) is 11.3 Å². The highest BCUT2D eigenvalue weighted by Gasteiger charge is 2.36.